The molecule has 0 spiro atoms. The van der Waals surface area contributed by atoms with Crippen molar-refractivity contribution in [1.29, 1.82) is 0 Å². The summed E-state index contributed by atoms with van der Waals surface area (Å²) in [6, 6.07) is 3.78. The second kappa shape index (κ2) is 3.49. The number of hydrogen-bond acceptors (Lipinski definition) is 4. The number of hydrogen-bond donors (Lipinski definition) is 1. The highest BCUT2D eigenvalue weighted by atomic mass is 32.3. The minimum Gasteiger partial charge on any atom is -0.324 e. The zero-order valence-electron chi connectivity index (χ0n) is 7.36. The van der Waals surface area contributed by atoms with Crippen molar-refractivity contribution in [3.63, 3.8) is 0 Å². The Morgan fingerprint density at radius 1 is 1.40 bits per heavy atom. The monoisotopic (exact) mass is 247 g/mol. The highest BCUT2D eigenvalue weighted by molar-refractivity contribution is 8.00. The van der Waals surface area contributed by atoms with Gasteiger partial charge in [-0.2, -0.15) is 8.42 Å². The lowest BCUT2D eigenvalue weighted by molar-refractivity contribution is -0.113. The van der Waals surface area contributed by atoms with Crippen molar-refractivity contribution in [2.24, 2.45) is 0 Å². The Morgan fingerprint density at radius 2 is 2.13 bits per heavy atom. The fraction of sp³-hybridized carbons (Fsp3) is 0.125. The number of rotatable bonds is 1. The molecular formula is C8H6FNO3S2. The first kappa shape index (κ1) is 10.4. The Hall–Kier alpha value is -1.08. The van der Waals surface area contributed by atoms with Gasteiger partial charge in [0.2, 0.25) is 5.91 Å². The average Bonchev–Trinajstić information content (AvgIpc) is 2.15. The number of anilines is 1. The zero-order chi connectivity index (χ0) is 11.1. The van der Waals surface area contributed by atoms with E-state index in [1.54, 1.807) is 0 Å². The van der Waals surface area contributed by atoms with E-state index in [0.29, 0.717) is 5.69 Å². The van der Waals surface area contributed by atoms with Crippen LogP contribution in [0.15, 0.2) is 28.0 Å². The predicted molar refractivity (Wildman–Crippen MR) is 54.1 cm³/mol. The number of nitrogens with one attached hydrogen (secondary N) is 1. The third-order valence-corrected chi connectivity index (χ3v) is 3.76. The van der Waals surface area contributed by atoms with Gasteiger partial charge in [-0.3, -0.25) is 4.79 Å². The van der Waals surface area contributed by atoms with Crippen molar-refractivity contribution < 1.29 is 17.1 Å². The summed E-state index contributed by atoms with van der Waals surface area (Å²) < 4.78 is 33.9. The van der Waals surface area contributed by atoms with Crippen LogP contribution in [0.1, 0.15) is 0 Å². The summed E-state index contributed by atoms with van der Waals surface area (Å²) in [6.45, 7) is 0. The van der Waals surface area contributed by atoms with E-state index in [1.165, 1.54) is 23.9 Å². The molecule has 0 fully saturated rings. The Labute approximate surface area is 90.1 Å². The number of carbonyl (C=O) groups is 1. The Bertz CT molecular complexity index is 527. The second-order valence-corrected chi connectivity index (χ2v) is 5.30. The van der Waals surface area contributed by atoms with Crippen LogP contribution in [0.25, 0.3) is 0 Å². The van der Waals surface area contributed by atoms with Crippen molar-refractivity contribution in [1.82, 2.24) is 0 Å². The SMILES string of the molecule is O=C1CSc2ccc(S(=O)(=O)F)cc2N1. The largest absolute Gasteiger partial charge is 0.332 e. The summed E-state index contributed by atoms with van der Waals surface area (Å²) in [7, 11) is -4.71. The van der Waals surface area contributed by atoms with E-state index in [-0.39, 0.29) is 11.7 Å². The van der Waals surface area contributed by atoms with E-state index in [4.69, 9.17) is 0 Å². The van der Waals surface area contributed by atoms with Crippen LogP contribution in [0.4, 0.5) is 9.57 Å². The molecule has 15 heavy (non-hydrogen) atoms. The number of fused-ring (bicyclic) bond motifs is 1. The molecule has 0 atom stereocenters. The summed E-state index contributed by atoms with van der Waals surface area (Å²) in [5.74, 6) is 0.0650. The predicted octanol–water partition coefficient (Wildman–Crippen LogP) is 1.39. The third-order valence-electron chi connectivity index (χ3n) is 1.87. The van der Waals surface area contributed by atoms with Crippen molar-refractivity contribution in [3.8, 4) is 0 Å². The molecule has 1 amide bonds. The molecule has 1 aromatic carbocycles. The topological polar surface area (TPSA) is 63.2 Å². The van der Waals surface area contributed by atoms with Gasteiger partial charge >= 0.3 is 10.2 Å². The molecule has 0 aromatic heterocycles. The summed E-state index contributed by atoms with van der Waals surface area (Å²) in [6.07, 6.45) is 0. The smallest absolute Gasteiger partial charge is 0.324 e. The molecule has 0 bridgehead atoms. The number of amides is 1. The summed E-state index contributed by atoms with van der Waals surface area (Å²) >= 11 is 1.29. The number of halogens is 1. The summed E-state index contributed by atoms with van der Waals surface area (Å²) in [5, 5.41) is 2.48. The van der Waals surface area contributed by atoms with Crippen molar-refractivity contribution in [2.75, 3.05) is 11.1 Å². The lowest BCUT2D eigenvalue weighted by Gasteiger charge is -2.16. The summed E-state index contributed by atoms with van der Waals surface area (Å²) in [4.78, 5) is 11.3. The normalized spacial score (nSPS) is 15.7. The molecule has 0 saturated carbocycles. The van der Waals surface area contributed by atoms with Gasteiger partial charge in [-0.15, -0.1) is 15.6 Å². The maximum absolute atomic E-state index is 12.6. The lowest BCUT2D eigenvalue weighted by atomic mass is 10.3. The Balaban J connectivity index is 2.50. The molecule has 4 nitrogen and oxygen atoms in total. The minimum atomic E-state index is -4.71. The van der Waals surface area contributed by atoms with Crippen LogP contribution in [-0.2, 0) is 15.0 Å². The van der Waals surface area contributed by atoms with Crippen LogP contribution in [0.5, 0.6) is 0 Å². The maximum atomic E-state index is 12.6. The molecular weight excluding hydrogens is 241 g/mol. The molecule has 1 aromatic rings. The van der Waals surface area contributed by atoms with Crippen LogP contribution in [0.2, 0.25) is 0 Å². The van der Waals surface area contributed by atoms with Gasteiger partial charge in [-0.1, -0.05) is 0 Å². The lowest BCUT2D eigenvalue weighted by Crippen LogP contribution is -2.18. The molecule has 1 heterocycles. The van der Waals surface area contributed by atoms with Gasteiger partial charge in [0.15, 0.2) is 0 Å². The molecule has 0 aliphatic carbocycles. The fourth-order valence-electron chi connectivity index (χ4n) is 1.21. The van der Waals surface area contributed by atoms with E-state index in [9.17, 15) is 17.1 Å². The molecule has 0 saturated heterocycles. The van der Waals surface area contributed by atoms with Gasteiger partial charge in [-0.05, 0) is 18.2 Å². The van der Waals surface area contributed by atoms with Gasteiger partial charge in [0.1, 0.15) is 4.90 Å². The maximum Gasteiger partial charge on any atom is 0.332 e. The molecule has 2 rings (SSSR count). The molecule has 1 aliphatic heterocycles. The van der Waals surface area contributed by atoms with Crippen LogP contribution < -0.4 is 5.32 Å². The van der Waals surface area contributed by atoms with Crippen LogP contribution in [-0.4, -0.2) is 20.1 Å². The van der Waals surface area contributed by atoms with E-state index in [0.717, 1.165) is 11.0 Å². The van der Waals surface area contributed by atoms with Gasteiger partial charge in [0, 0.05) is 4.90 Å². The van der Waals surface area contributed by atoms with E-state index >= 15 is 0 Å². The van der Waals surface area contributed by atoms with Crippen LogP contribution in [0.3, 0.4) is 0 Å². The molecule has 0 unspecified atom stereocenters. The first-order valence-corrected chi connectivity index (χ1v) is 6.35. The molecule has 1 aliphatic rings. The Morgan fingerprint density at radius 3 is 2.80 bits per heavy atom. The standard InChI is InChI=1S/C8H6FNO3S2/c9-15(12,13)5-1-2-7-6(3-5)10-8(11)4-14-7/h1-3H,4H2,(H,10,11). The van der Waals surface area contributed by atoms with Gasteiger partial charge < -0.3 is 5.32 Å². The highest BCUT2D eigenvalue weighted by Gasteiger charge is 2.19. The van der Waals surface area contributed by atoms with E-state index in [1.807, 2.05) is 0 Å². The van der Waals surface area contributed by atoms with Crippen molar-refractivity contribution >= 4 is 33.6 Å². The number of carbonyl (C=O) groups excluding carboxylic acids is 1. The van der Waals surface area contributed by atoms with Gasteiger partial charge in [-0.25, -0.2) is 0 Å². The van der Waals surface area contributed by atoms with E-state index in [2.05, 4.69) is 5.32 Å². The number of thioether (sulfide) groups is 1. The molecule has 7 heteroatoms. The first-order valence-electron chi connectivity index (χ1n) is 3.98. The fourth-order valence-corrected chi connectivity index (χ4v) is 2.49. The van der Waals surface area contributed by atoms with Crippen molar-refractivity contribution in [3.05, 3.63) is 18.2 Å². The minimum absolute atomic E-state index is 0.221. The van der Waals surface area contributed by atoms with Crippen LogP contribution >= 0.6 is 11.8 Å². The average molecular weight is 247 g/mol. The molecule has 0 radical (unpaired) electrons. The van der Waals surface area contributed by atoms with Gasteiger partial charge in [0.25, 0.3) is 0 Å². The highest BCUT2D eigenvalue weighted by Crippen LogP contribution is 2.33. The summed E-state index contributed by atoms with van der Waals surface area (Å²) in [5.41, 5.74) is 0.343. The second-order valence-electron chi connectivity index (χ2n) is 2.93. The van der Waals surface area contributed by atoms with Crippen LogP contribution in [0, 0.1) is 0 Å². The Kier molecular flexibility index (Phi) is 2.43. The van der Waals surface area contributed by atoms with E-state index < -0.39 is 15.1 Å². The van der Waals surface area contributed by atoms with Gasteiger partial charge in [0.05, 0.1) is 11.4 Å². The number of benzene rings is 1. The third kappa shape index (κ3) is 2.13. The first-order chi connectivity index (χ1) is 6.97. The zero-order valence-corrected chi connectivity index (χ0v) is 8.99. The molecule has 80 valence electrons. The quantitative estimate of drug-likeness (QED) is 0.762. The van der Waals surface area contributed by atoms with Crippen molar-refractivity contribution in [2.45, 2.75) is 9.79 Å². The molecule has 1 N–H and O–H groups in total.